The Morgan fingerprint density at radius 1 is 0.470 bits per heavy atom. The van der Waals surface area contributed by atoms with Crippen molar-refractivity contribution >= 4 is 145 Å². The van der Waals surface area contributed by atoms with Crippen LogP contribution in [0.3, 0.4) is 0 Å². The van der Waals surface area contributed by atoms with Gasteiger partial charge in [-0.05, 0) is 58.6 Å². The Labute approximate surface area is 383 Å². The maximum atomic E-state index is 7.78. The lowest BCUT2D eigenvalue weighted by Gasteiger charge is -2.37. The van der Waals surface area contributed by atoms with Crippen LogP contribution in [0.15, 0.2) is 152 Å². The molecule has 0 saturated carbocycles. The Kier molecular flexibility index (Phi) is 7.47. The van der Waals surface area contributed by atoms with Gasteiger partial charge in [-0.15, -0.1) is 0 Å². The smallest absolute Gasteiger partial charge is 0.247 e. The van der Waals surface area contributed by atoms with Crippen molar-refractivity contribution < 1.29 is 0 Å². The minimum absolute atomic E-state index is 0.0806. The SMILES string of the molecule is CNc1cc(N)c2c3c(c4c(N(C)C)cc(N(C)C)c5c6c(c1c2c45)B(c1ccccc1)c1cccc2c4ccccc4n-6c12)B(c1ccccc1)c1cccc2c4ccc(C)cc4n-3c12. The van der Waals surface area contributed by atoms with E-state index >= 15 is 0 Å². The third-order valence-corrected chi connectivity index (χ3v) is 15.3. The van der Waals surface area contributed by atoms with Gasteiger partial charge in [0.15, 0.2) is 0 Å². The Hall–Kier alpha value is -7.83. The summed E-state index contributed by atoms with van der Waals surface area (Å²) in [4.78, 5) is 4.68. The number of hydrogen-bond acceptors (Lipinski definition) is 4. The molecule has 0 fully saturated rings. The molecule has 2 aromatic heterocycles. The van der Waals surface area contributed by atoms with Gasteiger partial charge in [0.1, 0.15) is 0 Å². The molecule has 0 bridgehead atoms. The van der Waals surface area contributed by atoms with Crippen LogP contribution in [0.1, 0.15) is 5.56 Å². The predicted molar refractivity (Wildman–Crippen MR) is 288 cm³/mol. The van der Waals surface area contributed by atoms with Gasteiger partial charge in [0.25, 0.3) is 0 Å². The zero-order valence-electron chi connectivity index (χ0n) is 38.0. The van der Waals surface area contributed by atoms with Crippen molar-refractivity contribution in [2.75, 3.05) is 56.1 Å². The van der Waals surface area contributed by atoms with E-state index in [0.717, 1.165) is 16.8 Å². The monoisotopic (exact) mass is 848 g/mol. The van der Waals surface area contributed by atoms with Gasteiger partial charge in [0.2, 0.25) is 13.4 Å². The second-order valence-corrected chi connectivity index (χ2v) is 19.1. The molecule has 0 saturated heterocycles. The minimum atomic E-state index is -0.0885. The molecule has 10 aromatic carbocycles. The maximum Gasteiger partial charge on any atom is 0.247 e. The van der Waals surface area contributed by atoms with Crippen LogP contribution in [0.4, 0.5) is 22.7 Å². The van der Waals surface area contributed by atoms with Crippen LogP contribution in [0.5, 0.6) is 0 Å². The number of anilines is 4. The first-order valence-corrected chi connectivity index (χ1v) is 23.1. The molecule has 66 heavy (non-hydrogen) atoms. The number of para-hydroxylation sites is 3. The van der Waals surface area contributed by atoms with Gasteiger partial charge in [0, 0.05) is 123 Å². The molecule has 0 aliphatic carbocycles. The lowest BCUT2D eigenvalue weighted by atomic mass is 9.34. The summed E-state index contributed by atoms with van der Waals surface area (Å²) in [6, 6.07) is 57.0. The molecule has 0 amide bonds. The van der Waals surface area contributed by atoms with E-state index in [0.29, 0.717) is 0 Å². The van der Waals surface area contributed by atoms with E-state index in [-0.39, 0.29) is 13.4 Å². The molecule has 0 radical (unpaired) electrons. The summed E-state index contributed by atoms with van der Waals surface area (Å²) < 4.78 is 5.23. The number of nitrogens with zero attached hydrogens (tertiary/aromatic N) is 4. The summed E-state index contributed by atoms with van der Waals surface area (Å²) in [6.45, 7) is 2.04. The lowest BCUT2D eigenvalue weighted by Crippen LogP contribution is -2.57. The van der Waals surface area contributed by atoms with Crippen molar-refractivity contribution in [1.82, 2.24) is 9.13 Å². The van der Waals surface area contributed by atoms with Crippen molar-refractivity contribution in [2.24, 2.45) is 0 Å². The molecular weight excluding hydrogens is 802 g/mol. The summed E-state index contributed by atoms with van der Waals surface area (Å²) in [5.41, 5.74) is 28.2. The van der Waals surface area contributed by atoms with Gasteiger partial charge in [0.05, 0.1) is 22.4 Å². The Morgan fingerprint density at radius 2 is 0.985 bits per heavy atom. The molecule has 8 heteroatoms. The number of hydrogen-bond donors (Lipinski definition) is 2. The highest BCUT2D eigenvalue weighted by Gasteiger charge is 2.43. The molecule has 0 atom stereocenters. The van der Waals surface area contributed by atoms with E-state index in [1.807, 2.05) is 0 Å². The maximum absolute atomic E-state index is 7.78. The van der Waals surface area contributed by atoms with Crippen molar-refractivity contribution in [1.29, 1.82) is 0 Å². The van der Waals surface area contributed by atoms with Crippen LogP contribution in [0.25, 0.3) is 87.3 Å². The quantitative estimate of drug-likeness (QED) is 0.104. The average Bonchev–Trinajstić information content (AvgIpc) is 3.85. The molecule has 0 spiro atoms. The van der Waals surface area contributed by atoms with Crippen LogP contribution >= 0.6 is 0 Å². The largest absolute Gasteiger partial charge is 0.398 e. The first-order chi connectivity index (χ1) is 32.3. The predicted octanol–water partition coefficient (Wildman–Crippen LogP) is 8.50. The average molecular weight is 849 g/mol. The number of benzene rings is 10. The van der Waals surface area contributed by atoms with Crippen molar-refractivity contribution in [2.45, 2.75) is 6.92 Å². The molecule has 12 aromatic rings. The molecule has 14 rings (SSSR count). The van der Waals surface area contributed by atoms with Gasteiger partial charge in [-0.2, -0.15) is 0 Å². The fourth-order valence-electron chi connectivity index (χ4n) is 12.8. The Morgan fingerprint density at radius 3 is 1.61 bits per heavy atom. The molecule has 2 aliphatic heterocycles. The number of rotatable bonds is 5. The number of aryl methyl sites for hydroxylation is 1. The van der Waals surface area contributed by atoms with Gasteiger partial charge < -0.3 is 30.0 Å². The van der Waals surface area contributed by atoms with E-state index in [1.54, 1.807) is 0 Å². The summed E-state index contributed by atoms with van der Waals surface area (Å²) in [6.07, 6.45) is 0. The standard InChI is InChI=1S/C58H46B2N6/c1-32-27-28-36-38-23-16-25-40-56(38)66(44(36)29-32)57-47-41(61)30-42(62-2)48-51(47)52-49(54(57)60(40)34-19-11-8-12-20-34)45(63(3)4)31-46(64(5)6)50(52)58-53(48)59(33-17-9-7-10-18-33)39-24-15-22-37-35-21-13-14-26-43(35)65(58)55(37)39/h7-31,62H,61H2,1-6H3. The topological polar surface area (TPSA) is 54.4 Å². The highest BCUT2D eigenvalue weighted by molar-refractivity contribution is 7.01. The minimum Gasteiger partial charge on any atom is -0.398 e. The van der Waals surface area contributed by atoms with Gasteiger partial charge in [-0.1, -0.05) is 138 Å². The molecule has 2 aliphatic rings. The molecule has 4 heterocycles. The highest BCUT2D eigenvalue weighted by Crippen LogP contribution is 2.52. The molecule has 6 nitrogen and oxygen atoms in total. The van der Waals surface area contributed by atoms with E-state index in [1.165, 1.54) is 132 Å². The molecule has 314 valence electrons. The fraction of sp³-hybridized carbons (Fsp3) is 0.103. The van der Waals surface area contributed by atoms with E-state index in [2.05, 4.69) is 218 Å². The van der Waals surface area contributed by atoms with Gasteiger partial charge in [-0.3, -0.25) is 0 Å². The van der Waals surface area contributed by atoms with Gasteiger partial charge in [-0.25, -0.2) is 0 Å². The second kappa shape index (κ2) is 13.1. The zero-order chi connectivity index (χ0) is 44.4. The molecule has 0 unspecified atom stereocenters. The van der Waals surface area contributed by atoms with E-state index < -0.39 is 0 Å². The third-order valence-electron chi connectivity index (χ3n) is 15.3. The van der Waals surface area contributed by atoms with Gasteiger partial charge >= 0.3 is 0 Å². The summed E-state index contributed by atoms with van der Waals surface area (Å²) in [5, 5.41) is 16.1. The highest BCUT2D eigenvalue weighted by atomic mass is 15.1. The first-order valence-electron chi connectivity index (χ1n) is 23.1. The molecule has 3 N–H and O–H groups in total. The summed E-state index contributed by atoms with van der Waals surface area (Å²) >= 11 is 0. The number of fused-ring (bicyclic) bond motifs is 14. The van der Waals surface area contributed by atoms with Crippen molar-refractivity contribution in [3.05, 3.63) is 157 Å². The zero-order valence-corrected chi connectivity index (χ0v) is 38.0. The number of nitrogens with two attached hydrogens (primary N) is 1. The van der Waals surface area contributed by atoms with Crippen molar-refractivity contribution in [3.8, 4) is 11.4 Å². The lowest BCUT2D eigenvalue weighted by molar-refractivity contribution is 1.11. The van der Waals surface area contributed by atoms with E-state index in [4.69, 9.17) is 5.73 Å². The number of aromatic nitrogens is 2. The van der Waals surface area contributed by atoms with Crippen LogP contribution in [-0.2, 0) is 0 Å². The summed E-state index contributed by atoms with van der Waals surface area (Å²) in [7, 11) is 10.9. The third kappa shape index (κ3) is 4.53. The number of nitrogens with one attached hydrogen (secondary N) is 1. The Balaban J connectivity index is 1.35. The van der Waals surface area contributed by atoms with Crippen LogP contribution in [-0.4, -0.2) is 57.8 Å². The normalized spacial score (nSPS) is 13.0. The van der Waals surface area contributed by atoms with E-state index in [9.17, 15) is 0 Å². The van der Waals surface area contributed by atoms with Crippen LogP contribution < -0.4 is 53.6 Å². The fourth-order valence-corrected chi connectivity index (χ4v) is 12.8. The Bertz CT molecular complexity index is 4070. The summed E-state index contributed by atoms with van der Waals surface area (Å²) in [5.74, 6) is 0. The van der Waals surface area contributed by atoms with Crippen LogP contribution in [0, 0.1) is 6.92 Å². The molecular formula is C58H46B2N6. The van der Waals surface area contributed by atoms with Crippen LogP contribution in [0.2, 0.25) is 0 Å². The first kappa shape index (κ1) is 37.5. The number of nitrogen functional groups attached to an aromatic ring is 1. The van der Waals surface area contributed by atoms with Crippen molar-refractivity contribution in [3.63, 3.8) is 0 Å². The second-order valence-electron chi connectivity index (χ2n) is 19.1.